The van der Waals surface area contributed by atoms with Crippen molar-refractivity contribution < 1.29 is 9.59 Å². The lowest BCUT2D eigenvalue weighted by atomic mass is 9.93. The van der Waals surface area contributed by atoms with Crippen molar-refractivity contribution in [1.82, 2.24) is 15.1 Å². The molecular formula is C16H27N3O2S. The second-order valence-electron chi connectivity index (χ2n) is 6.93. The van der Waals surface area contributed by atoms with Gasteiger partial charge >= 0.3 is 0 Å². The number of piperidine rings is 1. The Balaban J connectivity index is 1.58. The Labute approximate surface area is 137 Å². The molecule has 0 aliphatic carbocycles. The van der Waals surface area contributed by atoms with Crippen LogP contribution in [0, 0.1) is 5.92 Å². The Kier molecular flexibility index (Phi) is 4.69. The van der Waals surface area contributed by atoms with Crippen LogP contribution in [-0.2, 0) is 9.59 Å². The minimum absolute atomic E-state index is 0.136. The van der Waals surface area contributed by atoms with Crippen molar-refractivity contribution in [3.8, 4) is 0 Å². The highest BCUT2D eigenvalue weighted by atomic mass is 32.2. The van der Waals surface area contributed by atoms with Crippen molar-refractivity contribution in [2.75, 3.05) is 32.4 Å². The molecule has 3 rings (SSSR count). The Bertz CT molecular complexity index is 451. The molecule has 22 heavy (non-hydrogen) atoms. The molecule has 3 saturated heterocycles. The van der Waals surface area contributed by atoms with Gasteiger partial charge < -0.3 is 15.1 Å². The van der Waals surface area contributed by atoms with Crippen LogP contribution in [0.15, 0.2) is 0 Å². The lowest BCUT2D eigenvalue weighted by Gasteiger charge is -2.36. The first kappa shape index (κ1) is 16.1. The Hall–Kier alpha value is -0.750. The van der Waals surface area contributed by atoms with Crippen LogP contribution in [0.1, 0.15) is 39.0 Å². The lowest BCUT2D eigenvalue weighted by Crippen LogP contribution is -2.52. The fraction of sp³-hybridized carbons (Fsp3) is 0.875. The molecule has 0 bridgehead atoms. The number of carbonyl (C=O) groups excluding carboxylic acids is 2. The van der Waals surface area contributed by atoms with Crippen LogP contribution in [0.5, 0.6) is 0 Å². The summed E-state index contributed by atoms with van der Waals surface area (Å²) in [4.78, 5) is 28.8. The van der Waals surface area contributed by atoms with Gasteiger partial charge in [-0.15, -0.1) is 11.8 Å². The number of hydrogen-bond acceptors (Lipinski definition) is 4. The summed E-state index contributed by atoms with van der Waals surface area (Å²) in [7, 11) is 1.99. The Morgan fingerprint density at radius 1 is 1.41 bits per heavy atom. The van der Waals surface area contributed by atoms with E-state index >= 15 is 0 Å². The molecule has 3 aliphatic heterocycles. The van der Waals surface area contributed by atoms with Crippen molar-refractivity contribution in [3.05, 3.63) is 0 Å². The van der Waals surface area contributed by atoms with Crippen LogP contribution >= 0.6 is 11.8 Å². The highest BCUT2D eigenvalue weighted by Gasteiger charge is 2.53. The molecule has 5 nitrogen and oxygen atoms in total. The predicted molar refractivity (Wildman–Crippen MR) is 88.6 cm³/mol. The first-order chi connectivity index (χ1) is 10.5. The number of likely N-dealkylation sites (tertiary alicyclic amines) is 1. The van der Waals surface area contributed by atoms with Gasteiger partial charge in [0.1, 0.15) is 6.04 Å². The smallest absolute Gasteiger partial charge is 0.246 e. The van der Waals surface area contributed by atoms with Gasteiger partial charge in [-0.05, 0) is 52.1 Å². The number of fused-ring (bicyclic) bond motifs is 1. The molecule has 124 valence electrons. The summed E-state index contributed by atoms with van der Waals surface area (Å²) in [6.45, 7) is 4.87. The summed E-state index contributed by atoms with van der Waals surface area (Å²) in [6, 6.07) is -0.223. The number of nitrogens with one attached hydrogen (secondary N) is 1. The second-order valence-corrected chi connectivity index (χ2v) is 8.43. The number of carbonyl (C=O) groups is 2. The molecule has 0 aromatic heterocycles. The van der Waals surface area contributed by atoms with Crippen molar-refractivity contribution in [3.63, 3.8) is 0 Å². The summed E-state index contributed by atoms with van der Waals surface area (Å²) < 4.78 is 0. The largest absolute Gasteiger partial charge is 0.341 e. The van der Waals surface area contributed by atoms with Crippen LogP contribution in [0.2, 0.25) is 0 Å². The van der Waals surface area contributed by atoms with E-state index in [2.05, 4.69) is 12.2 Å². The molecule has 6 heteroatoms. The third kappa shape index (κ3) is 2.87. The third-order valence-electron chi connectivity index (χ3n) is 5.46. The Morgan fingerprint density at radius 3 is 2.82 bits per heavy atom. The van der Waals surface area contributed by atoms with Gasteiger partial charge in [0.2, 0.25) is 11.8 Å². The van der Waals surface area contributed by atoms with E-state index in [0.717, 1.165) is 50.6 Å². The van der Waals surface area contributed by atoms with Crippen LogP contribution in [0.25, 0.3) is 0 Å². The van der Waals surface area contributed by atoms with Crippen molar-refractivity contribution in [1.29, 1.82) is 0 Å². The fourth-order valence-corrected chi connectivity index (χ4v) is 5.43. The van der Waals surface area contributed by atoms with Gasteiger partial charge in [-0.1, -0.05) is 0 Å². The highest BCUT2D eigenvalue weighted by Crippen LogP contribution is 2.47. The van der Waals surface area contributed by atoms with E-state index in [0.29, 0.717) is 6.42 Å². The first-order valence-corrected chi connectivity index (χ1v) is 9.43. The monoisotopic (exact) mass is 325 g/mol. The van der Waals surface area contributed by atoms with Crippen LogP contribution in [0.4, 0.5) is 0 Å². The summed E-state index contributed by atoms with van der Waals surface area (Å²) in [5, 5.41) is 3.20. The van der Waals surface area contributed by atoms with Crippen LogP contribution in [0.3, 0.4) is 0 Å². The minimum Gasteiger partial charge on any atom is -0.341 e. The molecule has 0 spiro atoms. The molecule has 3 fully saturated rings. The van der Waals surface area contributed by atoms with E-state index in [-0.39, 0.29) is 22.7 Å². The van der Waals surface area contributed by atoms with Crippen LogP contribution in [-0.4, -0.2) is 65.0 Å². The number of thioether (sulfide) groups is 1. The third-order valence-corrected chi connectivity index (χ3v) is 6.96. The zero-order chi connectivity index (χ0) is 15.7. The minimum atomic E-state index is -0.223. The van der Waals surface area contributed by atoms with Gasteiger partial charge in [-0.3, -0.25) is 9.59 Å². The normalized spacial score (nSPS) is 32.6. The number of rotatable bonds is 4. The average molecular weight is 325 g/mol. The molecular weight excluding hydrogens is 298 g/mol. The van der Waals surface area contributed by atoms with Crippen molar-refractivity contribution in [2.45, 2.75) is 49.9 Å². The molecule has 0 aromatic rings. The van der Waals surface area contributed by atoms with Gasteiger partial charge in [-0.25, -0.2) is 0 Å². The molecule has 2 unspecified atom stereocenters. The van der Waals surface area contributed by atoms with E-state index in [1.54, 1.807) is 11.8 Å². The lowest BCUT2D eigenvalue weighted by molar-refractivity contribution is -0.144. The maximum atomic E-state index is 12.9. The summed E-state index contributed by atoms with van der Waals surface area (Å²) in [6.07, 6.45) is 4.86. The Morgan fingerprint density at radius 2 is 2.14 bits per heavy atom. The van der Waals surface area contributed by atoms with Crippen molar-refractivity contribution in [2.24, 2.45) is 5.92 Å². The number of hydrogen-bond donors (Lipinski definition) is 1. The molecule has 2 atom stereocenters. The SMILES string of the molecule is CNCCC1CCN(C(=O)C2CSC3(C)CCC(=O)N23)CC1. The van der Waals surface area contributed by atoms with Gasteiger partial charge in [0.15, 0.2) is 0 Å². The molecule has 0 aromatic carbocycles. The van der Waals surface area contributed by atoms with Gasteiger partial charge in [-0.2, -0.15) is 0 Å². The van der Waals surface area contributed by atoms with E-state index in [9.17, 15) is 9.59 Å². The van der Waals surface area contributed by atoms with E-state index in [1.807, 2.05) is 16.8 Å². The van der Waals surface area contributed by atoms with Crippen molar-refractivity contribution >= 4 is 23.6 Å². The van der Waals surface area contributed by atoms with E-state index < -0.39 is 0 Å². The highest BCUT2D eigenvalue weighted by molar-refractivity contribution is 8.01. The summed E-state index contributed by atoms with van der Waals surface area (Å²) in [5.41, 5.74) is 0. The molecule has 1 N–H and O–H groups in total. The van der Waals surface area contributed by atoms with Gasteiger partial charge in [0, 0.05) is 25.3 Å². The fourth-order valence-electron chi connectivity index (χ4n) is 4.00. The maximum absolute atomic E-state index is 12.9. The topological polar surface area (TPSA) is 52.7 Å². The van der Waals surface area contributed by atoms with Crippen LogP contribution < -0.4 is 5.32 Å². The second kappa shape index (κ2) is 6.40. The van der Waals surface area contributed by atoms with E-state index in [1.165, 1.54) is 6.42 Å². The zero-order valence-electron chi connectivity index (χ0n) is 13.6. The molecule has 2 amide bonds. The predicted octanol–water partition coefficient (Wildman–Crippen LogP) is 1.29. The average Bonchev–Trinajstić information content (AvgIpc) is 3.02. The maximum Gasteiger partial charge on any atom is 0.246 e. The zero-order valence-corrected chi connectivity index (χ0v) is 14.5. The number of amides is 2. The standard InChI is InChI=1S/C16H27N3O2S/c1-16-7-3-14(20)19(16)13(11-22-16)15(21)18-9-5-12(6-10-18)4-8-17-2/h12-13,17H,3-11H2,1-2H3. The summed E-state index contributed by atoms with van der Waals surface area (Å²) >= 11 is 1.78. The quantitative estimate of drug-likeness (QED) is 0.846. The molecule has 3 aliphatic rings. The number of nitrogens with zero attached hydrogens (tertiary/aromatic N) is 2. The molecule has 3 heterocycles. The molecule has 0 saturated carbocycles. The summed E-state index contributed by atoms with van der Waals surface area (Å²) in [5.74, 6) is 1.84. The van der Waals surface area contributed by atoms with E-state index in [4.69, 9.17) is 0 Å². The van der Waals surface area contributed by atoms with Gasteiger partial charge in [0.25, 0.3) is 0 Å². The molecule has 0 radical (unpaired) electrons. The van der Waals surface area contributed by atoms with Gasteiger partial charge in [0.05, 0.1) is 4.87 Å². The first-order valence-electron chi connectivity index (χ1n) is 8.44.